The van der Waals surface area contributed by atoms with Crippen molar-refractivity contribution in [2.24, 2.45) is 0 Å². The molecular weight excluding hydrogens is 374 g/mol. The zero-order valence-electron chi connectivity index (χ0n) is 15.5. The number of nitrogens with zero attached hydrogens (tertiary/aromatic N) is 5. The van der Waals surface area contributed by atoms with Crippen molar-refractivity contribution < 1.29 is 4.79 Å². The number of carbonyl (C=O) groups is 1. The summed E-state index contributed by atoms with van der Waals surface area (Å²) in [5, 5.41) is 8.87. The van der Waals surface area contributed by atoms with E-state index < -0.39 is 0 Å². The van der Waals surface area contributed by atoms with Crippen molar-refractivity contribution in [2.75, 3.05) is 26.2 Å². The summed E-state index contributed by atoms with van der Waals surface area (Å²) >= 11 is 5.91. The number of carbonyl (C=O) groups excluding carboxylic acids is 1. The molecule has 0 spiro atoms. The third kappa shape index (κ3) is 4.58. The highest BCUT2D eigenvalue weighted by atomic mass is 35.5. The summed E-state index contributed by atoms with van der Waals surface area (Å²) in [6.45, 7) is 4.60. The molecule has 0 radical (unpaired) electrons. The fraction of sp³-hybridized carbons (Fsp3) is 0.286. The first kappa shape index (κ1) is 18.7. The van der Waals surface area contributed by atoms with Crippen molar-refractivity contribution >= 4 is 17.5 Å². The van der Waals surface area contributed by atoms with Crippen molar-refractivity contribution in [1.29, 1.82) is 0 Å². The molecule has 1 fully saturated rings. The summed E-state index contributed by atoms with van der Waals surface area (Å²) in [5.41, 5.74) is 2.75. The lowest BCUT2D eigenvalue weighted by Gasteiger charge is -2.34. The van der Waals surface area contributed by atoms with Gasteiger partial charge >= 0.3 is 0 Å². The number of amides is 1. The standard InChI is InChI=1S/C21H22ClN5O/c22-19-8-6-18(7-9-19)15-27-16-20(23-24-27)21(28)26-12-10-25(11-13-26)14-17-4-2-1-3-5-17/h1-9,16H,10-15H2. The number of benzene rings is 2. The van der Waals surface area contributed by atoms with Crippen LogP contribution in [-0.4, -0.2) is 56.9 Å². The number of hydrogen-bond donors (Lipinski definition) is 0. The van der Waals surface area contributed by atoms with E-state index in [1.165, 1.54) is 5.56 Å². The molecular formula is C21H22ClN5O. The Kier molecular flexibility index (Phi) is 5.69. The molecule has 7 heteroatoms. The molecule has 1 aliphatic rings. The van der Waals surface area contributed by atoms with Crippen LogP contribution in [0.1, 0.15) is 21.6 Å². The molecule has 1 aliphatic heterocycles. The van der Waals surface area contributed by atoms with Gasteiger partial charge in [-0.05, 0) is 23.3 Å². The fourth-order valence-corrected chi connectivity index (χ4v) is 3.49. The van der Waals surface area contributed by atoms with Crippen LogP contribution in [0.5, 0.6) is 0 Å². The van der Waals surface area contributed by atoms with Gasteiger partial charge in [0.2, 0.25) is 0 Å². The van der Waals surface area contributed by atoms with Gasteiger partial charge in [-0.25, -0.2) is 4.68 Å². The van der Waals surface area contributed by atoms with Crippen molar-refractivity contribution in [2.45, 2.75) is 13.1 Å². The van der Waals surface area contributed by atoms with Gasteiger partial charge in [-0.2, -0.15) is 0 Å². The van der Waals surface area contributed by atoms with Crippen LogP contribution in [0.2, 0.25) is 5.02 Å². The Morgan fingerprint density at radius 1 is 0.893 bits per heavy atom. The molecule has 1 amide bonds. The Morgan fingerprint density at radius 3 is 2.29 bits per heavy atom. The average Bonchev–Trinajstić information content (AvgIpc) is 3.19. The molecule has 0 N–H and O–H groups in total. The predicted molar refractivity (Wildman–Crippen MR) is 108 cm³/mol. The maximum absolute atomic E-state index is 12.7. The lowest BCUT2D eigenvalue weighted by atomic mass is 10.2. The molecule has 0 aliphatic carbocycles. The van der Waals surface area contributed by atoms with Gasteiger partial charge in [0.05, 0.1) is 12.7 Å². The molecule has 1 aromatic heterocycles. The second-order valence-corrected chi connectivity index (χ2v) is 7.42. The minimum Gasteiger partial charge on any atom is -0.335 e. The molecule has 0 saturated carbocycles. The summed E-state index contributed by atoms with van der Waals surface area (Å²) in [4.78, 5) is 17.0. The first-order valence-electron chi connectivity index (χ1n) is 9.37. The second kappa shape index (κ2) is 8.54. The summed E-state index contributed by atoms with van der Waals surface area (Å²) in [6.07, 6.45) is 1.72. The number of halogens is 1. The van der Waals surface area contributed by atoms with Gasteiger partial charge in [-0.3, -0.25) is 9.69 Å². The van der Waals surface area contributed by atoms with E-state index in [1.54, 1.807) is 10.9 Å². The van der Waals surface area contributed by atoms with Gasteiger partial charge in [0.15, 0.2) is 5.69 Å². The second-order valence-electron chi connectivity index (χ2n) is 6.98. The summed E-state index contributed by atoms with van der Waals surface area (Å²) in [6, 6.07) is 18.0. The van der Waals surface area contributed by atoms with E-state index in [-0.39, 0.29) is 5.91 Å². The van der Waals surface area contributed by atoms with Crippen molar-refractivity contribution in [3.63, 3.8) is 0 Å². The Bertz CT molecular complexity index is 917. The quantitative estimate of drug-likeness (QED) is 0.666. The fourth-order valence-electron chi connectivity index (χ4n) is 3.36. The largest absolute Gasteiger partial charge is 0.335 e. The molecule has 6 nitrogen and oxygen atoms in total. The topological polar surface area (TPSA) is 54.3 Å². The zero-order chi connectivity index (χ0) is 19.3. The molecule has 4 rings (SSSR count). The van der Waals surface area contributed by atoms with Gasteiger partial charge in [0.1, 0.15) is 0 Å². The van der Waals surface area contributed by atoms with Crippen LogP contribution in [0.3, 0.4) is 0 Å². The average molecular weight is 396 g/mol. The molecule has 1 saturated heterocycles. The Hall–Kier alpha value is -2.70. The van der Waals surface area contributed by atoms with Crippen molar-refractivity contribution in [1.82, 2.24) is 24.8 Å². The predicted octanol–water partition coefficient (Wildman–Crippen LogP) is 2.94. The molecule has 2 aromatic carbocycles. The highest BCUT2D eigenvalue weighted by Crippen LogP contribution is 2.12. The first-order valence-corrected chi connectivity index (χ1v) is 9.75. The molecule has 144 valence electrons. The number of rotatable bonds is 5. The Balaban J connectivity index is 1.31. The minimum absolute atomic E-state index is 0.0540. The van der Waals surface area contributed by atoms with Gasteiger partial charge in [0.25, 0.3) is 5.91 Å². The van der Waals surface area contributed by atoms with Crippen molar-refractivity contribution in [3.8, 4) is 0 Å². The van der Waals surface area contributed by atoms with E-state index in [0.29, 0.717) is 30.4 Å². The van der Waals surface area contributed by atoms with Crippen LogP contribution in [-0.2, 0) is 13.1 Å². The molecule has 0 atom stereocenters. The maximum atomic E-state index is 12.7. The highest BCUT2D eigenvalue weighted by molar-refractivity contribution is 6.30. The molecule has 28 heavy (non-hydrogen) atoms. The number of hydrogen-bond acceptors (Lipinski definition) is 4. The zero-order valence-corrected chi connectivity index (χ0v) is 16.3. The van der Waals surface area contributed by atoms with Crippen LogP contribution in [0.4, 0.5) is 0 Å². The summed E-state index contributed by atoms with van der Waals surface area (Å²) in [7, 11) is 0. The monoisotopic (exact) mass is 395 g/mol. The summed E-state index contributed by atoms with van der Waals surface area (Å²) < 4.78 is 1.68. The molecule has 0 bridgehead atoms. The Morgan fingerprint density at radius 2 is 1.57 bits per heavy atom. The van der Waals surface area contributed by atoms with E-state index in [1.807, 2.05) is 35.2 Å². The lowest BCUT2D eigenvalue weighted by molar-refractivity contribution is 0.0622. The van der Waals surface area contributed by atoms with E-state index in [2.05, 4.69) is 39.5 Å². The van der Waals surface area contributed by atoms with Gasteiger partial charge < -0.3 is 4.90 Å². The van der Waals surface area contributed by atoms with Crippen LogP contribution < -0.4 is 0 Å². The van der Waals surface area contributed by atoms with E-state index in [4.69, 9.17) is 11.6 Å². The van der Waals surface area contributed by atoms with E-state index in [9.17, 15) is 4.79 Å². The molecule has 0 unspecified atom stereocenters. The van der Waals surface area contributed by atoms with Crippen LogP contribution in [0.25, 0.3) is 0 Å². The summed E-state index contributed by atoms with van der Waals surface area (Å²) in [5.74, 6) is -0.0540. The van der Waals surface area contributed by atoms with Crippen LogP contribution in [0.15, 0.2) is 60.8 Å². The smallest absolute Gasteiger partial charge is 0.276 e. The molecule has 3 aromatic rings. The van der Waals surface area contributed by atoms with E-state index in [0.717, 1.165) is 25.2 Å². The molecule has 2 heterocycles. The SMILES string of the molecule is O=C(c1cn(Cc2ccc(Cl)cc2)nn1)N1CCN(Cc2ccccc2)CC1. The number of aromatic nitrogens is 3. The van der Waals surface area contributed by atoms with E-state index >= 15 is 0 Å². The van der Waals surface area contributed by atoms with Crippen molar-refractivity contribution in [3.05, 3.63) is 82.6 Å². The van der Waals surface area contributed by atoms with Crippen LogP contribution in [0, 0.1) is 0 Å². The first-order chi connectivity index (χ1) is 13.7. The van der Waals surface area contributed by atoms with Gasteiger partial charge in [-0.1, -0.05) is 59.3 Å². The normalized spacial score (nSPS) is 15.0. The van der Waals surface area contributed by atoms with Gasteiger partial charge in [-0.15, -0.1) is 5.10 Å². The van der Waals surface area contributed by atoms with Crippen LogP contribution >= 0.6 is 11.6 Å². The third-order valence-corrected chi connectivity index (χ3v) is 5.18. The maximum Gasteiger partial charge on any atom is 0.276 e. The number of piperazine rings is 1. The van der Waals surface area contributed by atoms with Gasteiger partial charge in [0, 0.05) is 37.7 Å². The lowest BCUT2D eigenvalue weighted by Crippen LogP contribution is -2.48. The third-order valence-electron chi connectivity index (χ3n) is 4.92. The minimum atomic E-state index is -0.0540. The highest BCUT2D eigenvalue weighted by Gasteiger charge is 2.24. The Labute approximate surface area is 169 Å².